The molecule has 0 aliphatic heterocycles. The molecule has 2 aromatic rings. The van der Waals surface area contributed by atoms with Crippen LogP contribution in [0.5, 0.6) is 0 Å². The molecule has 0 unspecified atom stereocenters. The Labute approximate surface area is 90.7 Å². The minimum absolute atomic E-state index is 0.424. The number of thiazole rings is 1. The number of hydrogen-bond acceptors (Lipinski definition) is 7. The number of nitrogens with one attached hydrogen (secondary N) is 2. The quantitative estimate of drug-likeness (QED) is 0.786. The van der Waals surface area contributed by atoms with Crippen LogP contribution in [-0.2, 0) is 13.1 Å². The van der Waals surface area contributed by atoms with Gasteiger partial charge in [-0.2, -0.15) is 0 Å². The van der Waals surface area contributed by atoms with Crippen LogP contribution in [0.4, 0.5) is 6.01 Å². The molecule has 0 atom stereocenters. The van der Waals surface area contributed by atoms with Crippen molar-refractivity contribution in [1.82, 2.24) is 20.5 Å². The van der Waals surface area contributed by atoms with Crippen LogP contribution in [0.1, 0.15) is 11.6 Å². The summed E-state index contributed by atoms with van der Waals surface area (Å²) in [6, 6.07) is 0.424. The van der Waals surface area contributed by atoms with Gasteiger partial charge in [0.1, 0.15) is 0 Å². The first-order valence-electron chi connectivity index (χ1n) is 4.46. The number of hydrogen-bond donors (Lipinski definition) is 2. The van der Waals surface area contributed by atoms with Crippen molar-refractivity contribution in [3.63, 3.8) is 0 Å². The van der Waals surface area contributed by atoms with E-state index in [2.05, 4.69) is 25.8 Å². The largest absolute Gasteiger partial charge is 0.407 e. The summed E-state index contributed by atoms with van der Waals surface area (Å²) in [5, 5.41) is 15.6. The summed E-state index contributed by atoms with van der Waals surface area (Å²) in [4.78, 5) is 4.13. The maximum Gasteiger partial charge on any atom is 0.315 e. The van der Waals surface area contributed by atoms with E-state index in [1.165, 1.54) is 0 Å². The van der Waals surface area contributed by atoms with Gasteiger partial charge in [0.25, 0.3) is 0 Å². The van der Waals surface area contributed by atoms with Gasteiger partial charge in [-0.25, -0.2) is 4.98 Å². The molecule has 7 heteroatoms. The van der Waals surface area contributed by atoms with E-state index < -0.39 is 0 Å². The van der Waals surface area contributed by atoms with Gasteiger partial charge in [0, 0.05) is 5.38 Å². The molecule has 15 heavy (non-hydrogen) atoms. The van der Waals surface area contributed by atoms with Crippen LogP contribution >= 0.6 is 11.3 Å². The molecule has 0 saturated carbocycles. The Hall–Kier alpha value is -1.47. The number of anilines is 1. The van der Waals surface area contributed by atoms with E-state index in [9.17, 15) is 0 Å². The normalized spacial score (nSPS) is 10.5. The highest BCUT2D eigenvalue weighted by Crippen LogP contribution is 2.07. The molecule has 2 rings (SSSR count). The van der Waals surface area contributed by atoms with Crippen molar-refractivity contribution in [3.05, 3.63) is 22.5 Å². The minimum Gasteiger partial charge on any atom is -0.407 e. The van der Waals surface area contributed by atoms with E-state index in [0.29, 0.717) is 25.0 Å². The highest BCUT2D eigenvalue weighted by atomic mass is 32.1. The lowest BCUT2D eigenvalue weighted by Crippen LogP contribution is -2.04. The van der Waals surface area contributed by atoms with Gasteiger partial charge in [-0.05, 0) is 7.05 Å². The molecule has 80 valence electrons. The molecule has 0 aliphatic rings. The van der Waals surface area contributed by atoms with Crippen molar-refractivity contribution >= 4 is 17.4 Å². The highest BCUT2D eigenvalue weighted by molar-refractivity contribution is 7.07. The molecule has 6 nitrogen and oxygen atoms in total. The predicted molar refractivity (Wildman–Crippen MR) is 56.5 cm³/mol. The summed E-state index contributed by atoms with van der Waals surface area (Å²) in [5.74, 6) is 0.568. The Kier molecular flexibility index (Phi) is 3.25. The Morgan fingerprint density at radius 2 is 2.33 bits per heavy atom. The lowest BCUT2D eigenvalue weighted by Gasteiger charge is -1.96. The second-order valence-electron chi connectivity index (χ2n) is 2.86. The van der Waals surface area contributed by atoms with Crippen LogP contribution in [0.2, 0.25) is 0 Å². The lowest BCUT2D eigenvalue weighted by molar-refractivity contribution is 0.489. The first kappa shape index (κ1) is 10.1. The van der Waals surface area contributed by atoms with Crippen molar-refractivity contribution in [2.75, 3.05) is 12.4 Å². The Balaban J connectivity index is 1.88. The fourth-order valence-electron chi connectivity index (χ4n) is 1.04. The van der Waals surface area contributed by atoms with E-state index in [1.54, 1.807) is 16.8 Å². The summed E-state index contributed by atoms with van der Waals surface area (Å²) in [7, 11) is 1.83. The van der Waals surface area contributed by atoms with Gasteiger partial charge < -0.3 is 15.1 Å². The third-order valence-electron chi connectivity index (χ3n) is 1.70. The summed E-state index contributed by atoms with van der Waals surface area (Å²) in [6.07, 6.45) is 0. The Bertz CT molecular complexity index is 399. The summed E-state index contributed by atoms with van der Waals surface area (Å²) in [6.45, 7) is 1.18. The third-order valence-corrected chi connectivity index (χ3v) is 2.33. The molecule has 0 saturated heterocycles. The summed E-state index contributed by atoms with van der Waals surface area (Å²) < 4.78 is 5.30. The lowest BCUT2D eigenvalue weighted by atomic mass is 10.5. The van der Waals surface area contributed by atoms with Crippen molar-refractivity contribution in [3.8, 4) is 0 Å². The predicted octanol–water partition coefficient (Wildman–Crippen LogP) is 0.858. The molecule has 2 N–H and O–H groups in total. The molecule has 0 aliphatic carbocycles. The average molecular weight is 225 g/mol. The number of rotatable bonds is 5. The monoisotopic (exact) mass is 225 g/mol. The van der Waals surface area contributed by atoms with Crippen molar-refractivity contribution < 1.29 is 4.42 Å². The van der Waals surface area contributed by atoms with E-state index in [-0.39, 0.29) is 0 Å². The maximum atomic E-state index is 5.30. The molecule has 2 aromatic heterocycles. The van der Waals surface area contributed by atoms with Gasteiger partial charge in [-0.1, -0.05) is 5.10 Å². The van der Waals surface area contributed by atoms with Gasteiger partial charge in [0.2, 0.25) is 5.89 Å². The van der Waals surface area contributed by atoms with Crippen molar-refractivity contribution in [1.29, 1.82) is 0 Å². The van der Waals surface area contributed by atoms with E-state index >= 15 is 0 Å². The summed E-state index contributed by atoms with van der Waals surface area (Å²) >= 11 is 1.56. The van der Waals surface area contributed by atoms with Crippen molar-refractivity contribution in [2.24, 2.45) is 0 Å². The van der Waals surface area contributed by atoms with Gasteiger partial charge in [0.05, 0.1) is 24.3 Å². The van der Waals surface area contributed by atoms with Gasteiger partial charge in [-0.15, -0.1) is 16.4 Å². The van der Waals surface area contributed by atoms with Crippen LogP contribution in [0.3, 0.4) is 0 Å². The molecular formula is C8H11N5OS. The van der Waals surface area contributed by atoms with Crippen LogP contribution < -0.4 is 10.6 Å². The summed E-state index contributed by atoms with van der Waals surface area (Å²) in [5.41, 5.74) is 2.76. The molecule has 0 amide bonds. The molecule has 0 fully saturated rings. The third kappa shape index (κ3) is 2.74. The van der Waals surface area contributed by atoms with Crippen LogP contribution in [0, 0.1) is 0 Å². The Morgan fingerprint density at radius 1 is 1.40 bits per heavy atom. The van der Waals surface area contributed by atoms with E-state index in [1.807, 2.05) is 12.4 Å². The molecule has 0 aromatic carbocycles. The van der Waals surface area contributed by atoms with Crippen molar-refractivity contribution in [2.45, 2.75) is 13.1 Å². The fraction of sp³-hybridized carbons (Fsp3) is 0.375. The zero-order chi connectivity index (χ0) is 10.5. The number of nitrogens with zero attached hydrogens (tertiary/aromatic N) is 3. The van der Waals surface area contributed by atoms with Gasteiger partial charge >= 0.3 is 6.01 Å². The van der Waals surface area contributed by atoms with E-state index in [4.69, 9.17) is 4.42 Å². The van der Waals surface area contributed by atoms with Gasteiger partial charge in [0.15, 0.2) is 0 Å². The standard InChI is InChI=1S/C8H11N5OS/c1-9-3-7-12-13-8(14-7)10-2-6-4-15-5-11-6/h4-5,9H,2-3H2,1H3,(H,10,13). The van der Waals surface area contributed by atoms with Crippen LogP contribution in [-0.4, -0.2) is 22.2 Å². The fourth-order valence-corrected chi connectivity index (χ4v) is 1.60. The zero-order valence-electron chi connectivity index (χ0n) is 8.23. The number of aromatic nitrogens is 3. The maximum absolute atomic E-state index is 5.30. The Morgan fingerprint density at radius 3 is 3.07 bits per heavy atom. The highest BCUT2D eigenvalue weighted by Gasteiger charge is 2.04. The topological polar surface area (TPSA) is 75.9 Å². The smallest absolute Gasteiger partial charge is 0.315 e. The average Bonchev–Trinajstić information content (AvgIpc) is 2.85. The second-order valence-corrected chi connectivity index (χ2v) is 3.58. The minimum atomic E-state index is 0.424. The molecule has 0 bridgehead atoms. The molecule has 0 spiro atoms. The molecule has 2 heterocycles. The second kappa shape index (κ2) is 4.85. The molecular weight excluding hydrogens is 214 g/mol. The molecule has 0 radical (unpaired) electrons. The van der Waals surface area contributed by atoms with E-state index in [0.717, 1.165) is 5.69 Å². The van der Waals surface area contributed by atoms with Gasteiger partial charge in [-0.3, -0.25) is 0 Å². The SMILES string of the molecule is CNCc1nnc(NCc2cscn2)o1. The zero-order valence-corrected chi connectivity index (χ0v) is 9.04. The first-order chi connectivity index (χ1) is 7.38. The van der Waals surface area contributed by atoms with Crippen LogP contribution in [0.15, 0.2) is 15.3 Å². The first-order valence-corrected chi connectivity index (χ1v) is 5.40. The van der Waals surface area contributed by atoms with Crippen LogP contribution in [0.25, 0.3) is 0 Å².